The van der Waals surface area contributed by atoms with Crippen LogP contribution in [-0.4, -0.2) is 11.3 Å². The Morgan fingerprint density at radius 1 is 1.05 bits per heavy atom. The fraction of sp³-hybridized carbons (Fsp3) is 0.700. The highest BCUT2D eigenvalue weighted by Crippen LogP contribution is 2.53. The predicted octanol–water partition coefficient (Wildman–Crippen LogP) is 6.40. The van der Waals surface area contributed by atoms with Gasteiger partial charge in [-0.2, -0.15) is 0 Å². The van der Waals surface area contributed by atoms with E-state index in [9.17, 15) is 0 Å². The third-order valence-corrected chi connectivity index (χ3v) is 8.66. The zero-order valence-corrected chi connectivity index (χ0v) is 15.2. The summed E-state index contributed by atoms with van der Waals surface area (Å²) in [6, 6.07) is 9.56. The molecular formula is C20H33P. The molecule has 0 heterocycles. The van der Waals surface area contributed by atoms with Crippen LogP contribution < -0.4 is 5.30 Å². The summed E-state index contributed by atoms with van der Waals surface area (Å²) in [4.78, 5) is 0. The van der Waals surface area contributed by atoms with Crippen molar-refractivity contribution in [3.63, 3.8) is 0 Å². The van der Waals surface area contributed by atoms with Crippen molar-refractivity contribution in [2.75, 3.05) is 0 Å². The Morgan fingerprint density at radius 2 is 1.71 bits per heavy atom. The topological polar surface area (TPSA) is 0 Å². The van der Waals surface area contributed by atoms with Crippen molar-refractivity contribution < 1.29 is 0 Å². The van der Waals surface area contributed by atoms with Gasteiger partial charge in [0, 0.05) is 0 Å². The highest BCUT2D eigenvalue weighted by atomic mass is 31.1. The number of unbranched alkanes of at least 4 members (excludes halogenated alkanes) is 1. The molecule has 1 aliphatic rings. The number of rotatable bonds is 7. The molecule has 1 heteroatoms. The maximum absolute atomic E-state index is 2.45. The van der Waals surface area contributed by atoms with Crippen molar-refractivity contribution in [3.05, 3.63) is 29.8 Å². The van der Waals surface area contributed by atoms with Gasteiger partial charge in [-0.3, -0.25) is 0 Å². The number of benzene rings is 1. The van der Waals surface area contributed by atoms with Gasteiger partial charge in [0.15, 0.2) is 0 Å². The fourth-order valence-electron chi connectivity index (χ4n) is 3.78. The Labute approximate surface area is 133 Å². The van der Waals surface area contributed by atoms with Crippen molar-refractivity contribution in [1.82, 2.24) is 0 Å². The SMILES string of the molecule is CCCCC(CC)P(c1ccc(C)cc1)C1CCCCC1. The van der Waals surface area contributed by atoms with Crippen LogP contribution >= 0.6 is 7.92 Å². The second-order valence-electron chi connectivity index (χ2n) is 6.74. The van der Waals surface area contributed by atoms with Gasteiger partial charge in [0.25, 0.3) is 0 Å². The first-order valence-corrected chi connectivity index (χ1v) is 10.6. The largest absolute Gasteiger partial charge is 0.0690 e. The van der Waals surface area contributed by atoms with Crippen LogP contribution in [0.2, 0.25) is 0 Å². The van der Waals surface area contributed by atoms with E-state index >= 15 is 0 Å². The van der Waals surface area contributed by atoms with Gasteiger partial charge in [-0.1, -0.05) is 83.7 Å². The maximum Gasteiger partial charge on any atom is -0.0166 e. The molecule has 0 saturated heterocycles. The summed E-state index contributed by atoms with van der Waals surface area (Å²) in [7, 11) is 0.0385. The number of hydrogen-bond donors (Lipinski definition) is 0. The van der Waals surface area contributed by atoms with E-state index in [2.05, 4.69) is 45.0 Å². The van der Waals surface area contributed by atoms with E-state index in [1.807, 2.05) is 0 Å². The smallest absolute Gasteiger partial charge is 0.0166 e. The molecule has 0 amide bonds. The second-order valence-corrected chi connectivity index (χ2v) is 9.53. The molecule has 1 saturated carbocycles. The highest BCUT2D eigenvalue weighted by Gasteiger charge is 2.30. The average molecular weight is 304 g/mol. The molecule has 0 spiro atoms. The molecule has 1 aliphatic carbocycles. The molecule has 0 radical (unpaired) electrons. The quantitative estimate of drug-likeness (QED) is 0.511. The summed E-state index contributed by atoms with van der Waals surface area (Å²) < 4.78 is 0. The summed E-state index contributed by atoms with van der Waals surface area (Å²) in [5.41, 5.74) is 3.35. The zero-order valence-electron chi connectivity index (χ0n) is 14.3. The lowest BCUT2D eigenvalue weighted by molar-refractivity contribution is 0.507. The van der Waals surface area contributed by atoms with Crippen LogP contribution in [0.25, 0.3) is 0 Å². The van der Waals surface area contributed by atoms with Crippen molar-refractivity contribution in [1.29, 1.82) is 0 Å². The van der Waals surface area contributed by atoms with Gasteiger partial charge in [-0.05, 0) is 49.2 Å². The van der Waals surface area contributed by atoms with Gasteiger partial charge in [-0.25, -0.2) is 0 Å². The Balaban J connectivity index is 2.21. The highest BCUT2D eigenvalue weighted by molar-refractivity contribution is 7.67. The standard InChI is InChI=1S/C20H33P/c1-4-6-10-18(5-2)21(19-11-8-7-9-12-19)20-15-13-17(3)14-16-20/h13-16,18-19H,4-12H2,1-3H3. The van der Waals surface area contributed by atoms with Crippen LogP contribution in [0.5, 0.6) is 0 Å². The van der Waals surface area contributed by atoms with Gasteiger partial charge >= 0.3 is 0 Å². The third-order valence-electron chi connectivity index (χ3n) is 5.06. The maximum atomic E-state index is 2.45. The second kappa shape index (κ2) is 8.94. The molecule has 2 unspecified atom stereocenters. The molecule has 0 bridgehead atoms. The summed E-state index contributed by atoms with van der Waals surface area (Å²) >= 11 is 0. The van der Waals surface area contributed by atoms with Crippen LogP contribution in [0, 0.1) is 6.92 Å². The van der Waals surface area contributed by atoms with Gasteiger partial charge in [0.1, 0.15) is 0 Å². The molecule has 0 nitrogen and oxygen atoms in total. The van der Waals surface area contributed by atoms with Gasteiger partial charge in [0.05, 0.1) is 0 Å². The fourth-order valence-corrected chi connectivity index (χ4v) is 7.48. The van der Waals surface area contributed by atoms with E-state index in [0.29, 0.717) is 0 Å². The van der Waals surface area contributed by atoms with E-state index in [1.54, 1.807) is 5.30 Å². The summed E-state index contributed by atoms with van der Waals surface area (Å²) in [6.45, 7) is 6.97. The molecule has 0 N–H and O–H groups in total. The first-order valence-electron chi connectivity index (χ1n) is 9.11. The summed E-state index contributed by atoms with van der Waals surface area (Å²) in [5.74, 6) is 0. The summed E-state index contributed by atoms with van der Waals surface area (Å²) in [6.07, 6.45) is 13.0. The van der Waals surface area contributed by atoms with Crippen LogP contribution in [0.1, 0.15) is 77.2 Å². The molecule has 0 aliphatic heterocycles. The van der Waals surface area contributed by atoms with Crippen molar-refractivity contribution in [2.24, 2.45) is 0 Å². The van der Waals surface area contributed by atoms with Gasteiger partial charge in [-0.15, -0.1) is 0 Å². The Kier molecular flexibility index (Phi) is 7.24. The van der Waals surface area contributed by atoms with Crippen molar-refractivity contribution in [2.45, 2.75) is 89.9 Å². The average Bonchev–Trinajstić information content (AvgIpc) is 2.53. The van der Waals surface area contributed by atoms with Crippen LogP contribution in [0.3, 0.4) is 0 Å². The molecule has 1 aromatic rings. The Bertz CT molecular complexity index is 389. The van der Waals surface area contributed by atoms with E-state index in [1.165, 1.54) is 63.4 Å². The molecule has 2 atom stereocenters. The normalized spacial score (nSPS) is 19.4. The lowest BCUT2D eigenvalue weighted by atomic mass is 10.0. The Hall–Kier alpha value is -0.350. The van der Waals surface area contributed by atoms with Crippen molar-refractivity contribution in [3.8, 4) is 0 Å². The van der Waals surface area contributed by atoms with E-state index in [4.69, 9.17) is 0 Å². The number of aryl methyl sites for hydroxylation is 1. The zero-order chi connectivity index (χ0) is 15.1. The first-order chi connectivity index (χ1) is 10.3. The lowest BCUT2D eigenvalue weighted by Crippen LogP contribution is -2.24. The monoisotopic (exact) mass is 304 g/mol. The van der Waals surface area contributed by atoms with Gasteiger partial charge < -0.3 is 0 Å². The van der Waals surface area contributed by atoms with E-state index in [0.717, 1.165) is 11.3 Å². The minimum Gasteiger partial charge on any atom is -0.0690 e. The molecule has 1 aromatic carbocycles. The summed E-state index contributed by atoms with van der Waals surface area (Å²) in [5, 5.41) is 1.69. The molecule has 118 valence electrons. The molecular weight excluding hydrogens is 271 g/mol. The van der Waals surface area contributed by atoms with E-state index < -0.39 is 0 Å². The minimum absolute atomic E-state index is 0.0385. The third kappa shape index (κ3) is 4.82. The molecule has 21 heavy (non-hydrogen) atoms. The predicted molar refractivity (Wildman–Crippen MR) is 98.2 cm³/mol. The van der Waals surface area contributed by atoms with Gasteiger partial charge in [0.2, 0.25) is 0 Å². The van der Waals surface area contributed by atoms with Crippen LogP contribution in [-0.2, 0) is 0 Å². The van der Waals surface area contributed by atoms with Crippen LogP contribution in [0.4, 0.5) is 0 Å². The number of hydrogen-bond acceptors (Lipinski definition) is 0. The van der Waals surface area contributed by atoms with E-state index in [-0.39, 0.29) is 7.92 Å². The Morgan fingerprint density at radius 3 is 2.29 bits per heavy atom. The molecule has 2 rings (SSSR count). The minimum atomic E-state index is 0.0385. The lowest BCUT2D eigenvalue weighted by Gasteiger charge is -2.37. The molecule has 1 fully saturated rings. The van der Waals surface area contributed by atoms with Crippen molar-refractivity contribution >= 4 is 13.2 Å². The molecule has 0 aromatic heterocycles. The van der Waals surface area contributed by atoms with Crippen LogP contribution in [0.15, 0.2) is 24.3 Å². The first kappa shape index (κ1) is 17.0.